The zero-order chi connectivity index (χ0) is 21.1. The quantitative estimate of drug-likeness (QED) is 0.456. The molecule has 4 amide bonds. The largest absolute Gasteiger partial charge is 0.344 e. The van der Waals surface area contributed by atoms with E-state index < -0.39 is 23.4 Å². The first-order chi connectivity index (χ1) is 14.5. The maximum atomic E-state index is 13.5. The molecule has 0 bridgehead atoms. The van der Waals surface area contributed by atoms with Crippen LogP contribution in [0.1, 0.15) is 16.8 Å². The van der Waals surface area contributed by atoms with Gasteiger partial charge in [0.05, 0.1) is 5.75 Å². The Morgan fingerprint density at radius 2 is 1.70 bits per heavy atom. The maximum Gasteiger partial charge on any atom is 0.344 e. The van der Waals surface area contributed by atoms with Crippen LogP contribution in [0.4, 0.5) is 4.79 Å². The molecule has 0 atom stereocenters. The fourth-order valence-corrected chi connectivity index (χ4v) is 4.89. The van der Waals surface area contributed by atoms with Crippen molar-refractivity contribution in [3.8, 4) is 0 Å². The van der Waals surface area contributed by atoms with Gasteiger partial charge in [0.1, 0.15) is 0 Å². The SMILES string of the molecule is Cc1csc(SCC(=O)NN2C(=O)NC(c3ccccc3)(c3ccccc3)C2=O)n1. The number of nitrogens with zero attached hydrogens (tertiary/aromatic N) is 2. The smallest absolute Gasteiger partial charge is 0.314 e. The molecule has 0 radical (unpaired) electrons. The van der Waals surface area contributed by atoms with E-state index in [4.69, 9.17) is 0 Å². The molecular weight excluding hydrogens is 420 g/mol. The van der Waals surface area contributed by atoms with Crippen LogP contribution in [0.25, 0.3) is 0 Å². The average Bonchev–Trinajstić information content (AvgIpc) is 3.30. The summed E-state index contributed by atoms with van der Waals surface area (Å²) in [5, 5.41) is 5.44. The van der Waals surface area contributed by atoms with Gasteiger partial charge in [-0.15, -0.1) is 11.3 Å². The number of hydrogen-bond acceptors (Lipinski definition) is 6. The Bertz CT molecular complexity index is 1050. The van der Waals surface area contributed by atoms with Crippen LogP contribution in [0.15, 0.2) is 70.4 Å². The summed E-state index contributed by atoms with van der Waals surface area (Å²) >= 11 is 2.70. The van der Waals surface area contributed by atoms with E-state index in [0.29, 0.717) is 11.1 Å². The number of rotatable bonds is 6. The second-order valence-electron chi connectivity index (χ2n) is 6.63. The van der Waals surface area contributed by atoms with Gasteiger partial charge in [-0.1, -0.05) is 72.4 Å². The van der Waals surface area contributed by atoms with Gasteiger partial charge in [0, 0.05) is 11.1 Å². The van der Waals surface area contributed by atoms with E-state index in [2.05, 4.69) is 15.7 Å². The third-order valence-corrected chi connectivity index (χ3v) is 6.74. The summed E-state index contributed by atoms with van der Waals surface area (Å²) in [6, 6.07) is 17.3. The minimum atomic E-state index is -1.41. The minimum absolute atomic E-state index is 0.0354. The standard InChI is InChI=1S/C21H18N4O3S2/c1-14-12-29-20(22-14)30-13-17(26)24-25-18(27)21(23-19(25)28,15-8-4-2-5-9-15)16-10-6-3-7-11-16/h2-12H,13H2,1H3,(H,23,28)(H,24,26). The van der Waals surface area contributed by atoms with E-state index in [1.165, 1.54) is 23.1 Å². The molecule has 7 nitrogen and oxygen atoms in total. The molecule has 1 aromatic heterocycles. The van der Waals surface area contributed by atoms with Gasteiger partial charge in [-0.2, -0.15) is 5.01 Å². The number of nitrogens with one attached hydrogen (secondary N) is 2. The number of benzene rings is 2. The number of hydrogen-bond donors (Lipinski definition) is 2. The predicted molar refractivity (Wildman–Crippen MR) is 115 cm³/mol. The summed E-state index contributed by atoms with van der Waals surface area (Å²) < 4.78 is 0.753. The van der Waals surface area contributed by atoms with Crippen molar-refractivity contribution in [2.45, 2.75) is 16.8 Å². The van der Waals surface area contributed by atoms with Crippen LogP contribution >= 0.6 is 23.1 Å². The van der Waals surface area contributed by atoms with Crippen molar-refractivity contribution in [3.63, 3.8) is 0 Å². The van der Waals surface area contributed by atoms with Gasteiger partial charge in [0.25, 0.3) is 5.91 Å². The molecule has 9 heteroatoms. The molecule has 0 aliphatic carbocycles. The Labute approximate surface area is 181 Å². The normalized spacial score (nSPS) is 15.2. The van der Waals surface area contributed by atoms with Crippen molar-refractivity contribution in [3.05, 3.63) is 82.9 Å². The molecule has 3 aromatic rings. The van der Waals surface area contributed by atoms with E-state index in [1.807, 2.05) is 24.4 Å². The first-order valence-electron chi connectivity index (χ1n) is 9.13. The highest BCUT2D eigenvalue weighted by molar-refractivity contribution is 8.01. The lowest BCUT2D eigenvalue weighted by Gasteiger charge is -2.27. The number of hydrazine groups is 1. The third-order valence-electron chi connectivity index (χ3n) is 4.60. The molecule has 2 N–H and O–H groups in total. The maximum absolute atomic E-state index is 13.5. The third kappa shape index (κ3) is 3.69. The van der Waals surface area contributed by atoms with Gasteiger partial charge in [-0.3, -0.25) is 15.0 Å². The number of urea groups is 1. The van der Waals surface area contributed by atoms with Gasteiger partial charge in [-0.05, 0) is 18.1 Å². The first-order valence-corrected chi connectivity index (χ1v) is 11.0. The van der Waals surface area contributed by atoms with Crippen molar-refractivity contribution in [2.75, 3.05) is 5.75 Å². The lowest BCUT2D eigenvalue weighted by Crippen LogP contribution is -2.49. The fourth-order valence-electron chi connectivity index (χ4n) is 3.25. The number of thiazole rings is 1. The fraction of sp³-hybridized carbons (Fsp3) is 0.143. The number of carbonyl (C=O) groups is 3. The van der Waals surface area contributed by atoms with Gasteiger partial charge in [-0.25, -0.2) is 9.78 Å². The number of thioether (sulfide) groups is 1. The van der Waals surface area contributed by atoms with Crippen molar-refractivity contribution < 1.29 is 14.4 Å². The van der Waals surface area contributed by atoms with Crippen molar-refractivity contribution in [2.24, 2.45) is 0 Å². The minimum Gasteiger partial charge on any atom is -0.314 e. The van der Waals surface area contributed by atoms with Crippen LogP contribution in [0.3, 0.4) is 0 Å². The Hall–Kier alpha value is -3.17. The number of carbonyl (C=O) groups excluding carboxylic acids is 3. The van der Waals surface area contributed by atoms with Crippen LogP contribution in [0, 0.1) is 6.92 Å². The van der Waals surface area contributed by atoms with Crippen LogP contribution in [0.5, 0.6) is 0 Å². The first kappa shape index (κ1) is 20.1. The molecule has 0 unspecified atom stereocenters. The Morgan fingerprint density at radius 3 is 2.23 bits per heavy atom. The number of aromatic nitrogens is 1. The molecule has 1 aliphatic heterocycles. The van der Waals surface area contributed by atoms with E-state index in [-0.39, 0.29) is 5.75 Å². The summed E-state index contributed by atoms with van der Waals surface area (Å²) in [5.41, 5.74) is 3.13. The Morgan fingerprint density at radius 1 is 1.10 bits per heavy atom. The van der Waals surface area contributed by atoms with Gasteiger partial charge < -0.3 is 5.32 Å². The average molecular weight is 439 g/mol. The van der Waals surface area contributed by atoms with Gasteiger partial charge in [0.15, 0.2) is 9.88 Å². The molecule has 1 aliphatic rings. The number of aryl methyl sites for hydroxylation is 1. The summed E-state index contributed by atoms with van der Waals surface area (Å²) in [6.07, 6.45) is 0. The molecule has 0 saturated carbocycles. The molecule has 1 fully saturated rings. The topological polar surface area (TPSA) is 91.4 Å². The van der Waals surface area contributed by atoms with Crippen LogP contribution in [-0.4, -0.2) is 33.6 Å². The van der Waals surface area contributed by atoms with E-state index in [9.17, 15) is 14.4 Å². The van der Waals surface area contributed by atoms with Crippen molar-refractivity contribution in [1.29, 1.82) is 0 Å². The molecular formula is C21H18N4O3S2. The summed E-state index contributed by atoms with van der Waals surface area (Å²) in [6.45, 7) is 1.88. The summed E-state index contributed by atoms with van der Waals surface area (Å²) in [5.74, 6) is -0.991. The second-order valence-corrected chi connectivity index (χ2v) is 8.71. The highest BCUT2D eigenvalue weighted by atomic mass is 32.2. The zero-order valence-corrected chi connectivity index (χ0v) is 17.6. The van der Waals surface area contributed by atoms with Crippen molar-refractivity contribution in [1.82, 2.24) is 20.7 Å². The lowest BCUT2D eigenvalue weighted by molar-refractivity contribution is -0.137. The second kappa shape index (κ2) is 8.29. The van der Waals surface area contributed by atoms with Crippen LogP contribution in [0.2, 0.25) is 0 Å². The highest BCUT2D eigenvalue weighted by Crippen LogP contribution is 2.35. The van der Waals surface area contributed by atoms with Crippen LogP contribution in [-0.2, 0) is 15.1 Å². The number of imide groups is 1. The zero-order valence-electron chi connectivity index (χ0n) is 16.0. The molecule has 152 valence electrons. The van der Waals surface area contributed by atoms with Crippen LogP contribution < -0.4 is 10.7 Å². The van der Waals surface area contributed by atoms with Gasteiger partial charge in [0.2, 0.25) is 5.91 Å². The highest BCUT2D eigenvalue weighted by Gasteiger charge is 2.54. The van der Waals surface area contributed by atoms with Crippen molar-refractivity contribution >= 4 is 40.9 Å². The monoisotopic (exact) mass is 438 g/mol. The lowest BCUT2D eigenvalue weighted by atomic mass is 9.83. The van der Waals surface area contributed by atoms with E-state index in [0.717, 1.165) is 15.0 Å². The Kier molecular flexibility index (Phi) is 5.56. The summed E-state index contributed by atoms with van der Waals surface area (Å²) in [7, 11) is 0. The summed E-state index contributed by atoms with van der Waals surface area (Å²) in [4.78, 5) is 42.9. The van der Waals surface area contributed by atoms with Gasteiger partial charge >= 0.3 is 6.03 Å². The molecule has 0 spiro atoms. The molecule has 2 aromatic carbocycles. The predicted octanol–water partition coefficient (Wildman–Crippen LogP) is 3.07. The van der Waals surface area contributed by atoms with E-state index in [1.54, 1.807) is 48.5 Å². The van der Waals surface area contributed by atoms with E-state index >= 15 is 0 Å². The molecule has 1 saturated heterocycles. The molecule has 2 heterocycles. The molecule has 4 rings (SSSR count). The molecule has 30 heavy (non-hydrogen) atoms. The Balaban J connectivity index is 1.58. The number of amides is 4.